The van der Waals surface area contributed by atoms with E-state index in [-0.39, 0.29) is 0 Å². The van der Waals surface area contributed by atoms with Gasteiger partial charge in [-0.05, 0) is 36.5 Å². The molecule has 1 atom stereocenters. The Morgan fingerprint density at radius 2 is 2.60 bits per heavy atom. The van der Waals surface area contributed by atoms with Gasteiger partial charge in [-0.15, -0.1) is 11.8 Å². The number of hydrogen-bond acceptors (Lipinski definition) is 2. The van der Waals surface area contributed by atoms with Crippen molar-refractivity contribution in [3.63, 3.8) is 0 Å². The molecule has 0 aliphatic carbocycles. The maximum Gasteiger partial charge on any atom is 0.0377 e. The summed E-state index contributed by atoms with van der Waals surface area (Å²) in [5.41, 5.74) is 0. The van der Waals surface area contributed by atoms with Crippen LogP contribution < -0.4 is 5.32 Å². The molecule has 1 nitrogen and oxygen atoms in total. The first kappa shape index (κ1) is 6.74. The van der Waals surface area contributed by atoms with Gasteiger partial charge in [0.1, 0.15) is 0 Å². The maximum absolute atomic E-state index is 3.53. The van der Waals surface area contributed by atoms with E-state index < -0.39 is 0 Å². The van der Waals surface area contributed by atoms with E-state index >= 15 is 0 Å². The minimum atomic E-state index is 0.729. The average Bonchev–Trinajstić information content (AvgIpc) is 2.05. The van der Waals surface area contributed by atoms with Crippen molar-refractivity contribution < 1.29 is 0 Å². The second-order valence-corrected chi connectivity index (χ2v) is 4.06. The summed E-state index contributed by atoms with van der Waals surface area (Å²) in [6.45, 7) is 1.19. The predicted octanol–water partition coefficient (Wildman–Crippen LogP) is 1.76. The third-order valence-electron chi connectivity index (χ3n) is 2.13. The van der Waals surface area contributed by atoms with Gasteiger partial charge in [0, 0.05) is 6.04 Å². The molecule has 0 bridgehead atoms. The van der Waals surface area contributed by atoms with Crippen molar-refractivity contribution in [2.24, 2.45) is 0 Å². The van der Waals surface area contributed by atoms with Crippen LogP contribution in [0.4, 0.5) is 0 Å². The molecule has 0 amide bonds. The fourth-order valence-corrected chi connectivity index (χ4v) is 2.78. The van der Waals surface area contributed by atoms with E-state index in [4.69, 9.17) is 0 Å². The van der Waals surface area contributed by atoms with Gasteiger partial charge in [0.15, 0.2) is 0 Å². The quantitative estimate of drug-likeness (QED) is 0.572. The van der Waals surface area contributed by atoms with Crippen molar-refractivity contribution in [3.05, 3.63) is 11.0 Å². The summed E-state index contributed by atoms with van der Waals surface area (Å²) in [7, 11) is 0. The smallest absolute Gasteiger partial charge is 0.0377 e. The first-order valence-corrected chi connectivity index (χ1v) is 5.01. The first-order valence-electron chi connectivity index (χ1n) is 4.03. The zero-order chi connectivity index (χ0) is 6.81. The number of hydrogen-bond donors (Lipinski definition) is 1. The fraction of sp³-hybridized carbons (Fsp3) is 0.750. The molecule has 2 heterocycles. The highest BCUT2D eigenvalue weighted by Crippen LogP contribution is 2.31. The summed E-state index contributed by atoms with van der Waals surface area (Å²) in [4.78, 5) is 1.61. The molecule has 0 aromatic rings. The molecule has 2 rings (SSSR count). The van der Waals surface area contributed by atoms with Gasteiger partial charge in [-0.2, -0.15) is 0 Å². The van der Waals surface area contributed by atoms with Crippen molar-refractivity contribution in [3.8, 4) is 0 Å². The predicted molar refractivity (Wildman–Crippen MR) is 46.2 cm³/mol. The summed E-state index contributed by atoms with van der Waals surface area (Å²) in [6, 6.07) is 0.729. The van der Waals surface area contributed by atoms with Crippen LogP contribution in [-0.2, 0) is 0 Å². The molecule has 2 aliphatic heterocycles. The summed E-state index contributed by atoms with van der Waals surface area (Å²) in [6.07, 6.45) is 6.39. The molecule has 1 N–H and O–H groups in total. The van der Waals surface area contributed by atoms with Gasteiger partial charge >= 0.3 is 0 Å². The molecule has 0 spiro atoms. The van der Waals surface area contributed by atoms with Gasteiger partial charge in [0.2, 0.25) is 0 Å². The summed E-state index contributed by atoms with van der Waals surface area (Å²) >= 11 is 2.05. The van der Waals surface area contributed by atoms with E-state index in [0.29, 0.717) is 0 Å². The second-order valence-electron chi connectivity index (χ2n) is 2.89. The molecule has 10 heavy (non-hydrogen) atoms. The highest BCUT2D eigenvalue weighted by atomic mass is 32.2. The van der Waals surface area contributed by atoms with E-state index in [1.807, 2.05) is 11.8 Å². The molecular formula is C8H13NS. The largest absolute Gasteiger partial charge is 0.309 e. The van der Waals surface area contributed by atoms with Crippen LogP contribution in [0.25, 0.3) is 0 Å². The molecule has 0 aromatic heterocycles. The monoisotopic (exact) mass is 155 g/mol. The second kappa shape index (κ2) is 2.97. The van der Waals surface area contributed by atoms with Crippen LogP contribution in [0.15, 0.2) is 11.0 Å². The van der Waals surface area contributed by atoms with Crippen molar-refractivity contribution in [1.82, 2.24) is 5.32 Å². The molecule has 56 valence electrons. The lowest BCUT2D eigenvalue weighted by molar-refractivity contribution is 0.524. The normalized spacial score (nSPS) is 32.8. The van der Waals surface area contributed by atoms with E-state index in [2.05, 4.69) is 11.4 Å². The van der Waals surface area contributed by atoms with E-state index in [1.54, 1.807) is 4.91 Å². The highest BCUT2D eigenvalue weighted by molar-refractivity contribution is 8.03. The van der Waals surface area contributed by atoms with Crippen LogP contribution in [0.3, 0.4) is 0 Å². The van der Waals surface area contributed by atoms with Gasteiger partial charge in [-0.1, -0.05) is 6.08 Å². The van der Waals surface area contributed by atoms with Crippen LogP contribution in [-0.4, -0.2) is 18.3 Å². The van der Waals surface area contributed by atoms with Crippen LogP contribution in [0, 0.1) is 0 Å². The van der Waals surface area contributed by atoms with E-state index in [1.165, 1.54) is 31.6 Å². The Bertz CT molecular complexity index is 153. The molecule has 2 heteroatoms. The molecule has 0 saturated carbocycles. The SMILES string of the molecule is C1=C2SCCCC2NCC1. The van der Waals surface area contributed by atoms with E-state index in [9.17, 15) is 0 Å². The molecule has 2 aliphatic rings. The molecular weight excluding hydrogens is 142 g/mol. The van der Waals surface area contributed by atoms with Crippen LogP contribution in [0.5, 0.6) is 0 Å². The van der Waals surface area contributed by atoms with Gasteiger partial charge in [0.25, 0.3) is 0 Å². The minimum absolute atomic E-state index is 0.729. The van der Waals surface area contributed by atoms with Crippen molar-refractivity contribution in [2.75, 3.05) is 12.3 Å². The Morgan fingerprint density at radius 1 is 1.60 bits per heavy atom. The lowest BCUT2D eigenvalue weighted by atomic mass is 10.1. The zero-order valence-electron chi connectivity index (χ0n) is 6.10. The van der Waals surface area contributed by atoms with Crippen LogP contribution >= 0.6 is 11.8 Å². The highest BCUT2D eigenvalue weighted by Gasteiger charge is 2.20. The molecule has 1 fully saturated rings. The molecule has 1 unspecified atom stereocenters. The van der Waals surface area contributed by atoms with Gasteiger partial charge < -0.3 is 5.32 Å². The van der Waals surface area contributed by atoms with Crippen LogP contribution in [0.1, 0.15) is 19.3 Å². The lowest BCUT2D eigenvalue weighted by Gasteiger charge is -2.28. The molecule has 0 aromatic carbocycles. The third kappa shape index (κ3) is 1.23. The summed E-state index contributed by atoms with van der Waals surface area (Å²) in [5, 5.41) is 3.53. The average molecular weight is 155 g/mol. The Balaban J connectivity index is 2.08. The van der Waals surface area contributed by atoms with Gasteiger partial charge in [-0.25, -0.2) is 0 Å². The summed E-state index contributed by atoms with van der Waals surface area (Å²) in [5.74, 6) is 1.34. The maximum atomic E-state index is 3.53. The number of fused-ring (bicyclic) bond motifs is 1. The first-order chi connectivity index (χ1) is 4.97. The Hall–Kier alpha value is 0.0500. The van der Waals surface area contributed by atoms with E-state index in [0.717, 1.165) is 6.04 Å². The number of nitrogens with one attached hydrogen (secondary N) is 1. The fourth-order valence-electron chi connectivity index (χ4n) is 1.60. The topological polar surface area (TPSA) is 12.0 Å². The number of thioether (sulfide) groups is 1. The summed E-state index contributed by atoms with van der Waals surface area (Å²) < 4.78 is 0. The third-order valence-corrected chi connectivity index (χ3v) is 3.41. The van der Waals surface area contributed by atoms with Gasteiger partial charge in [0.05, 0.1) is 0 Å². The molecule has 1 saturated heterocycles. The Labute approximate surface area is 66.3 Å². The zero-order valence-corrected chi connectivity index (χ0v) is 6.91. The van der Waals surface area contributed by atoms with Crippen LogP contribution in [0.2, 0.25) is 0 Å². The Kier molecular flexibility index (Phi) is 2.00. The lowest BCUT2D eigenvalue weighted by Crippen LogP contribution is -2.35. The minimum Gasteiger partial charge on any atom is -0.309 e. The standard InChI is InChI=1S/C8H13NS/c1-4-8-7(9-5-1)3-2-6-10-8/h4,7,9H,1-3,5-6H2. The van der Waals surface area contributed by atoms with Gasteiger partial charge in [-0.3, -0.25) is 0 Å². The van der Waals surface area contributed by atoms with Crippen molar-refractivity contribution in [2.45, 2.75) is 25.3 Å². The Morgan fingerprint density at radius 3 is 3.50 bits per heavy atom. The molecule has 0 radical (unpaired) electrons. The van der Waals surface area contributed by atoms with Crippen molar-refractivity contribution in [1.29, 1.82) is 0 Å². The number of rotatable bonds is 0. The van der Waals surface area contributed by atoms with Crippen molar-refractivity contribution >= 4 is 11.8 Å².